The highest BCUT2D eigenvalue weighted by molar-refractivity contribution is 9.10. The van der Waals surface area contributed by atoms with Gasteiger partial charge < -0.3 is 5.11 Å². The number of hydrogen-bond donors (Lipinski definition) is 2. The fourth-order valence-electron chi connectivity index (χ4n) is 2.33. The molecule has 0 aliphatic rings. The molecule has 0 spiro atoms. The van der Waals surface area contributed by atoms with Gasteiger partial charge in [-0.3, -0.25) is 0 Å². The number of rotatable bonds is 7. The summed E-state index contributed by atoms with van der Waals surface area (Å²) in [4.78, 5) is -0.446. The van der Waals surface area contributed by atoms with E-state index in [4.69, 9.17) is 5.11 Å². The Hall–Kier alpha value is -0.500. The first-order valence-electron chi connectivity index (χ1n) is 6.87. The van der Waals surface area contributed by atoms with Gasteiger partial charge in [-0.2, -0.15) is 0 Å². The standard InChI is InChI=1S/C14H21BrFNO3S/c1-4-10(5-2)9(3)17-21(19,20)13-7-12(15)6-11(8-18)14(13)16/h6-7,9-10,17-18H,4-5,8H2,1-3H3. The van der Waals surface area contributed by atoms with Gasteiger partial charge in [-0.15, -0.1) is 0 Å². The quantitative estimate of drug-likeness (QED) is 0.761. The van der Waals surface area contributed by atoms with E-state index in [1.54, 1.807) is 6.92 Å². The Morgan fingerprint density at radius 1 is 1.33 bits per heavy atom. The van der Waals surface area contributed by atoms with Gasteiger partial charge in [0, 0.05) is 16.1 Å². The molecule has 1 aromatic rings. The van der Waals surface area contributed by atoms with Gasteiger partial charge in [0.2, 0.25) is 10.0 Å². The molecule has 0 fully saturated rings. The third kappa shape index (κ3) is 4.48. The summed E-state index contributed by atoms with van der Waals surface area (Å²) >= 11 is 3.13. The van der Waals surface area contributed by atoms with Crippen LogP contribution in [0.15, 0.2) is 21.5 Å². The molecule has 120 valence electrons. The molecular formula is C14H21BrFNO3S. The number of hydrogen-bond acceptors (Lipinski definition) is 3. The average Bonchev–Trinajstić information content (AvgIpc) is 2.41. The van der Waals surface area contributed by atoms with Gasteiger partial charge in [0.1, 0.15) is 10.7 Å². The second-order valence-electron chi connectivity index (χ2n) is 5.02. The largest absolute Gasteiger partial charge is 0.392 e. The summed E-state index contributed by atoms with van der Waals surface area (Å²) in [6, 6.07) is 2.27. The SMILES string of the molecule is CCC(CC)C(C)NS(=O)(=O)c1cc(Br)cc(CO)c1F. The van der Waals surface area contributed by atoms with Gasteiger partial charge in [-0.25, -0.2) is 17.5 Å². The Balaban J connectivity index is 3.17. The third-order valence-electron chi connectivity index (χ3n) is 3.64. The first kappa shape index (κ1) is 18.5. The van der Waals surface area contributed by atoms with Gasteiger partial charge in [-0.05, 0) is 25.0 Å². The van der Waals surface area contributed by atoms with Crippen LogP contribution < -0.4 is 4.72 Å². The summed E-state index contributed by atoms with van der Waals surface area (Å²) in [6.07, 6.45) is 1.67. The van der Waals surface area contributed by atoms with Crippen LogP contribution in [0.1, 0.15) is 39.2 Å². The molecule has 1 aromatic carbocycles. The normalized spacial score (nSPS) is 13.7. The van der Waals surface area contributed by atoms with E-state index in [1.165, 1.54) is 12.1 Å². The van der Waals surface area contributed by atoms with Crippen molar-refractivity contribution in [3.8, 4) is 0 Å². The van der Waals surface area contributed by atoms with Crippen LogP contribution in [0.2, 0.25) is 0 Å². The van der Waals surface area contributed by atoms with E-state index in [0.717, 1.165) is 12.8 Å². The van der Waals surface area contributed by atoms with Crippen molar-refractivity contribution in [1.29, 1.82) is 0 Å². The maximum Gasteiger partial charge on any atom is 0.243 e. The highest BCUT2D eigenvalue weighted by atomic mass is 79.9. The van der Waals surface area contributed by atoms with Gasteiger partial charge in [0.15, 0.2) is 0 Å². The highest BCUT2D eigenvalue weighted by Crippen LogP contribution is 2.25. The fourth-order valence-corrected chi connectivity index (χ4v) is 4.44. The molecule has 0 aromatic heterocycles. The van der Waals surface area contributed by atoms with Gasteiger partial charge in [0.05, 0.1) is 6.61 Å². The molecule has 4 nitrogen and oxygen atoms in total. The first-order chi connectivity index (χ1) is 9.76. The summed E-state index contributed by atoms with van der Waals surface area (Å²) in [5, 5.41) is 9.10. The maximum atomic E-state index is 14.2. The lowest BCUT2D eigenvalue weighted by Crippen LogP contribution is -2.38. The summed E-state index contributed by atoms with van der Waals surface area (Å²) in [5.41, 5.74) is -0.0556. The zero-order valence-electron chi connectivity index (χ0n) is 12.4. The van der Waals surface area contributed by atoms with Gasteiger partial charge in [-0.1, -0.05) is 42.6 Å². The number of nitrogens with one attached hydrogen (secondary N) is 1. The van der Waals surface area contributed by atoms with Gasteiger partial charge in [0.25, 0.3) is 0 Å². The fraction of sp³-hybridized carbons (Fsp3) is 0.571. The van der Waals surface area contributed by atoms with E-state index in [1.807, 2.05) is 13.8 Å². The van der Waals surface area contributed by atoms with Crippen molar-refractivity contribution in [2.75, 3.05) is 0 Å². The topological polar surface area (TPSA) is 66.4 Å². The summed E-state index contributed by atoms with van der Waals surface area (Å²) < 4.78 is 41.8. The second kappa shape index (κ2) is 7.67. The Labute approximate surface area is 133 Å². The molecule has 0 radical (unpaired) electrons. The summed E-state index contributed by atoms with van der Waals surface area (Å²) in [5.74, 6) is -0.725. The molecule has 0 saturated carbocycles. The lowest BCUT2D eigenvalue weighted by molar-refractivity contribution is 0.274. The van der Waals surface area contributed by atoms with Crippen LogP contribution in [-0.2, 0) is 16.6 Å². The minimum Gasteiger partial charge on any atom is -0.392 e. The molecule has 0 aliphatic carbocycles. The molecule has 0 amide bonds. The number of aliphatic hydroxyl groups is 1. The zero-order chi connectivity index (χ0) is 16.2. The Morgan fingerprint density at radius 3 is 2.38 bits per heavy atom. The average molecular weight is 382 g/mol. The van der Waals surface area contributed by atoms with Crippen molar-refractivity contribution in [3.63, 3.8) is 0 Å². The van der Waals surface area contributed by atoms with Crippen LogP contribution in [0.25, 0.3) is 0 Å². The van der Waals surface area contributed by atoms with Crippen LogP contribution in [0, 0.1) is 11.7 Å². The third-order valence-corrected chi connectivity index (χ3v) is 5.65. The van der Waals surface area contributed by atoms with Crippen molar-refractivity contribution in [3.05, 3.63) is 28.0 Å². The van der Waals surface area contributed by atoms with Crippen molar-refractivity contribution in [2.45, 2.75) is 51.2 Å². The smallest absolute Gasteiger partial charge is 0.243 e. The van der Waals surface area contributed by atoms with E-state index in [2.05, 4.69) is 20.7 Å². The lowest BCUT2D eigenvalue weighted by atomic mass is 9.96. The Morgan fingerprint density at radius 2 is 1.90 bits per heavy atom. The van der Waals surface area contributed by atoms with E-state index < -0.39 is 27.3 Å². The predicted molar refractivity (Wildman–Crippen MR) is 83.9 cm³/mol. The Kier molecular flexibility index (Phi) is 6.77. The molecule has 21 heavy (non-hydrogen) atoms. The molecule has 1 atom stereocenters. The highest BCUT2D eigenvalue weighted by Gasteiger charge is 2.26. The minimum absolute atomic E-state index is 0.0556. The second-order valence-corrected chi connectivity index (χ2v) is 7.62. The number of sulfonamides is 1. The lowest BCUT2D eigenvalue weighted by Gasteiger charge is -2.22. The van der Waals surface area contributed by atoms with Crippen LogP contribution in [0.4, 0.5) is 4.39 Å². The zero-order valence-corrected chi connectivity index (χ0v) is 14.8. The number of benzene rings is 1. The Bertz CT molecular complexity index is 588. The monoisotopic (exact) mass is 381 g/mol. The molecule has 0 aliphatic heterocycles. The number of halogens is 2. The van der Waals surface area contributed by atoms with E-state index in [0.29, 0.717) is 4.47 Å². The molecule has 2 N–H and O–H groups in total. The predicted octanol–water partition coefficient (Wildman–Crippen LogP) is 3.18. The number of aliphatic hydroxyl groups excluding tert-OH is 1. The van der Waals surface area contributed by atoms with E-state index in [-0.39, 0.29) is 17.5 Å². The molecule has 1 rings (SSSR count). The summed E-state index contributed by atoms with van der Waals surface area (Å²) in [6.45, 7) is 5.19. The summed E-state index contributed by atoms with van der Waals surface area (Å²) in [7, 11) is -3.98. The molecule has 0 saturated heterocycles. The molecule has 0 bridgehead atoms. The van der Waals surface area contributed by atoms with Gasteiger partial charge >= 0.3 is 0 Å². The van der Waals surface area contributed by atoms with Crippen molar-refractivity contribution < 1.29 is 17.9 Å². The van der Waals surface area contributed by atoms with Crippen molar-refractivity contribution in [2.24, 2.45) is 5.92 Å². The van der Waals surface area contributed by atoms with Crippen LogP contribution >= 0.6 is 15.9 Å². The van der Waals surface area contributed by atoms with Crippen LogP contribution in [0.3, 0.4) is 0 Å². The molecule has 1 unspecified atom stereocenters. The van der Waals surface area contributed by atoms with Crippen LogP contribution in [-0.4, -0.2) is 19.6 Å². The maximum absolute atomic E-state index is 14.2. The minimum atomic E-state index is -3.98. The molecule has 0 heterocycles. The molecule has 7 heteroatoms. The van der Waals surface area contributed by atoms with Crippen molar-refractivity contribution >= 4 is 26.0 Å². The molecular weight excluding hydrogens is 361 g/mol. The van der Waals surface area contributed by atoms with Crippen LogP contribution in [0.5, 0.6) is 0 Å². The van der Waals surface area contributed by atoms with E-state index >= 15 is 0 Å². The van der Waals surface area contributed by atoms with E-state index in [9.17, 15) is 12.8 Å². The first-order valence-corrected chi connectivity index (χ1v) is 9.15. The van der Waals surface area contributed by atoms with Crippen molar-refractivity contribution in [1.82, 2.24) is 4.72 Å².